The molecule has 0 aliphatic heterocycles. The van der Waals surface area contributed by atoms with Crippen LogP contribution in [0, 0.1) is 0 Å². The Morgan fingerprint density at radius 1 is 1.38 bits per heavy atom. The molecule has 0 aliphatic carbocycles. The Morgan fingerprint density at radius 2 is 2.14 bits per heavy atom. The Labute approximate surface area is 132 Å². The third-order valence-corrected chi connectivity index (χ3v) is 4.30. The van der Waals surface area contributed by atoms with Crippen molar-refractivity contribution >= 4 is 34.6 Å². The molecular formula is C15H16ClNO3S. The van der Waals surface area contributed by atoms with E-state index < -0.39 is 6.10 Å². The summed E-state index contributed by atoms with van der Waals surface area (Å²) >= 11 is 7.65. The average Bonchev–Trinajstić information content (AvgIpc) is 3.01. The van der Waals surface area contributed by atoms with Crippen LogP contribution in [0.15, 0.2) is 41.8 Å². The minimum absolute atomic E-state index is 0.0304. The number of ether oxygens (including phenoxy) is 1. The van der Waals surface area contributed by atoms with E-state index in [2.05, 4.69) is 0 Å². The Morgan fingerprint density at radius 3 is 2.76 bits per heavy atom. The molecule has 0 amide bonds. The lowest BCUT2D eigenvalue weighted by Crippen LogP contribution is -2.34. The van der Waals surface area contributed by atoms with Crippen molar-refractivity contribution in [2.24, 2.45) is 0 Å². The van der Waals surface area contributed by atoms with Crippen molar-refractivity contribution in [1.29, 1.82) is 0 Å². The minimum atomic E-state index is -0.689. The molecule has 21 heavy (non-hydrogen) atoms. The van der Waals surface area contributed by atoms with Gasteiger partial charge >= 0.3 is 5.97 Å². The van der Waals surface area contributed by atoms with Crippen LogP contribution >= 0.6 is 22.9 Å². The van der Waals surface area contributed by atoms with Gasteiger partial charge in [0.2, 0.25) is 0 Å². The topological polar surface area (TPSA) is 49.8 Å². The Hall–Kier alpha value is -1.56. The molecule has 6 heteroatoms. The lowest BCUT2D eigenvalue weighted by molar-refractivity contribution is -0.139. The maximum atomic E-state index is 11.6. The van der Waals surface area contributed by atoms with Crippen molar-refractivity contribution in [3.8, 4) is 0 Å². The molecule has 0 unspecified atom stereocenters. The lowest BCUT2D eigenvalue weighted by Gasteiger charge is -2.26. The van der Waals surface area contributed by atoms with Gasteiger partial charge in [-0.05, 0) is 23.6 Å². The van der Waals surface area contributed by atoms with E-state index in [1.807, 2.05) is 35.7 Å². The zero-order valence-electron chi connectivity index (χ0n) is 11.5. The van der Waals surface area contributed by atoms with Crippen molar-refractivity contribution in [3.63, 3.8) is 0 Å². The zero-order chi connectivity index (χ0) is 15.2. The first-order valence-corrected chi connectivity index (χ1v) is 7.65. The van der Waals surface area contributed by atoms with E-state index in [-0.39, 0.29) is 19.1 Å². The first kappa shape index (κ1) is 15.8. The molecule has 2 aromatic rings. The molecule has 0 saturated carbocycles. The normalized spacial score (nSPS) is 12.0. The van der Waals surface area contributed by atoms with E-state index in [9.17, 15) is 9.90 Å². The highest BCUT2D eigenvalue weighted by Crippen LogP contribution is 2.28. The van der Waals surface area contributed by atoms with Crippen molar-refractivity contribution in [1.82, 2.24) is 0 Å². The van der Waals surface area contributed by atoms with Gasteiger partial charge in [-0.1, -0.05) is 29.8 Å². The number of anilines is 1. The van der Waals surface area contributed by atoms with Gasteiger partial charge in [-0.2, -0.15) is 0 Å². The number of esters is 1. The molecule has 1 aromatic heterocycles. The molecule has 2 rings (SSSR count). The van der Waals surface area contributed by atoms with Crippen LogP contribution in [0.2, 0.25) is 5.02 Å². The molecular weight excluding hydrogens is 310 g/mol. The Bertz CT molecular complexity index is 588. The second-order valence-electron chi connectivity index (χ2n) is 4.44. The van der Waals surface area contributed by atoms with Crippen molar-refractivity contribution in [2.75, 3.05) is 25.1 Å². The number of halogens is 1. The largest absolute Gasteiger partial charge is 0.468 e. The van der Waals surface area contributed by atoms with Gasteiger partial charge in [0.25, 0.3) is 0 Å². The molecule has 0 aliphatic rings. The van der Waals surface area contributed by atoms with Crippen LogP contribution in [0.25, 0.3) is 0 Å². The first-order valence-electron chi connectivity index (χ1n) is 6.39. The van der Waals surface area contributed by atoms with Gasteiger partial charge in [0.1, 0.15) is 12.6 Å². The number of thiophene rings is 1. The lowest BCUT2D eigenvalue weighted by atomic mass is 10.2. The maximum Gasteiger partial charge on any atom is 0.325 e. The molecule has 0 fully saturated rings. The zero-order valence-corrected chi connectivity index (χ0v) is 13.1. The van der Waals surface area contributed by atoms with E-state index >= 15 is 0 Å². The standard InChI is InChI=1S/C15H16ClNO3S/c1-20-15(19)10-17(12-6-3-2-5-11(12)16)9-13(18)14-7-4-8-21-14/h2-8,13,18H,9-10H2,1H3/t13-/m0/s1. The summed E-state index contributed by atoms with van der Waals surface area (Å²) in [6.45, 7) is 0.294. The number of nitrogens with zero attached hydrogens (tertiary/aromatic N) is 1. The molecule has 1 heterocycles. The molecule has 4 nitrogen and oxygen atoms in total. The number of aliphatic hydroxyl groups is 1. The molecule has 1 aromatic carbocycles. The average molecular weight is 326 g/mol. The summed E-state index contributed by atoms with van der Waals surface area (Å²) in [5, 5.41) is 12.7. The van der Waals surface area contributed by atoms with Crippen LogP contribution in [-0.4, -0.2) is 31.3 Å². The molecule has 1 atom stereocenters. The maximum absolute atomic E-state index is 11.6. The number of aliphatic hydroxyl groups excluding tert-OH is 1. The number of hydrogen-bond donors (Lipinski definition) is 1. The summed E-state index contributed by atoms with van der Waals surface area (Å²) in [4.78, 5) is 14.2. The monoisotopic (exact) mass is 325 g/mol. The second kappa shape index (κ2) is 7.45. The van der Waals surface area contributed by atoms with Gasteiger partial charge in [0.05, 0.1) is 17.8 Å². The summed E-state index contributed by atoms with van der Waals surface area (Å²) in [6, 6.07) is 11.0. The van der Waals surface area contributed by atoms with Gasteiger partial charge < -0.3 is 14.7 Å². The molecule has 1 N–H and O–H groups in total. The number of hydrogen-bond acceptors (Lipinski definition) is 5. The highest BCUT2D eigenvalue weighted by molar-refractivity contribution is 7.10. The Balaban J connectivity index is 2.20. The van der Waals surface area contributed by atoms with Crippen LogP contribution in [0.3, 0.4) is 0 Å². The molecule has 0 bridgehead atoms. The van der Waals surface area contributed by atoms with Gasteiger partial charge in [-0.25, -0.2) is 0 Å². The minimum Gasteiger partial charge on any atom is -0.468 e. The van der Waals surface area contributed by atoms with E-state index in [4.69, 9.17) is 16.3 Å². The van der Waals surface area contributed by atoms with Gasteiger partial charge in [0.15, 0.2) is 0 Å². The summed E-state index contributed by atoms with van der Waals surface area (Å²) in [7, 11) is 1.34. The van der Waals surface area contributed by atoms with Crippen LogP contribution in [0.1, 0.15) is 11.0 Å². The van der Waals surface area contributed by atoms with E-state index in [0.29, 0.717) is 10.7 Å². The highest BCUT2D eigenvalue weighted by atomic mass is 35.5. The summed E-state index contributed by atoms with van der Waals surface area (Å²) in [5.41, 5.74) is 0.695. The summed E-state index contributed by atoms with van der Waals surface area (Å²) in [5.74, 6) is -0.381. The number of para-hydroxylation sites is 1. The quantitative estimate of drug-likeness (QED) is 0.829. The van der Waals surface area contributed by atoms with E-state index in [1.165, 1.54) is 18.4 Å². The van der Waals surface area contributed by atoms with Crippen molar-refractivity contribution < 1.29 is 14.6 Å². The van der Waals surface area contributed by atoms with Crippen molar-refractivity contribution in [3.05, 3.63) is 51.7 Å². The number of rotatable bonds is 6. The molecule has 0 radical (unpaired) electrons. The Kier molecular flexibility index (Phi) is 5.61. The summed E-state index contributed by atoms with van der Waals surface area (Å²) < 4.78 is 4.71. The third kappa shape index (κ3) is 4.20. The number of carbonyl (C=O) groups is 1. The predicted molar refractivity (Wildman–Crippen MR) is 85.0 cm³/mol. The van der Waals surface area contributed by atoms with Crippen LogP contribution < -0.4 is 4.90 Å². The number of methoxy groups -OCH3 is 1. The van der Waals surface area contributed by atoms with Crippen LogP contribution in [0.5, 0.6) is 0 Å². The number of benzene rings is 1. The SMILES string of the molecule is COC(=O)CN(C[C@H](O)c1cccs1)c1ccccc1Cl. The number of carbonyl (C=O) groups excluding carboxylic acids is 1. The second-order valence-corrected chi connectivity index (χ2v) is 5.83. The fourth-order valence-corrected chi connectivity index (χ4v) is 2.91. The van der Waals surface area contributed by atoms with E-state index in [0.717, 1.165) is 4.88 Å². The third-order valence-electron chi connectivity index (χ3n) is 3.01. The first-order chi connectivity index (χ1) is 10.1. The van der Waals surface area contributed by atoms with Crippen LogP contribution in [0.4, 0.5) is 5.69 Å². The van der Waals surface area contributed by atoms with E-state index in [1.54, 1.807) is 11.0 Å². The molecule has 0 saturated heterocycles. The fourth-order valence-electron chi connectivity index (χ4n) is 1.96. The van der Waals surface area contributed by atoms with Crippen molar-refractivity contribution in [2.45, 2.75) is 6.10 Å². The molecule has 0 spiro atoms. The van der Waals surface area contributed by atoms with Crippen LogP contribution in [-0.2, 0) is 9.53 Å². The highest BCUT2D eigenvalue weighted by Gasteiger charge is 2.19. The smallest absolute Gasteiger partial charge is 0.325 e. The fraction of sp³-hybridized carbons (Fsp3) is 0.267. The van der Waals surface area contributed by atoms with Gasteiger partial charge in [0, 0.05) is 11.4 Å². The van der Waals surface area contributed by atoms with Gasteiger partial charge in [-0.3, -0.25) is 4.79 Å². The van der Waals surface area contributed by atoms with Gasteiger partial charge in [-0.15, -0.1) is 11.3 Å². The molecule has 112 valence electrons. The predicted octanol–water partition coefficient (Wildman–Crippen LogP) is 3.11. The summed E-state index contributed by atoms with van der Waals surface area (Å²) in [6.07, 6.45) is -0.689.